The third-order valence-electron chi connectivity index (χ3n) is 5.45. The van der Waals surface area contributed by atoms with Crippen LogP contribution in [0.1, 0.15) is 43.4 Å². The molecule has 0 bridgehead atoms. The van der Waals surface area contributed by atoms with Crippen molar-refractivity contribution in [1.29, 1.82) is 0 Å². The Hall–Kier alpha value is -2.56. The lowest BCUT2D eigenvalue weighted by atomic mass is 9.63. The molecule has 136 valence electrons. The Labute approximate surface area is 152 Å². The minimum atomic E-state index is -0.546. The van der Waals surface area contributed by atoms with Crippen LogP contribution in [0, 0.1) is 5.82 Å². The number of carbonyl (C=O) groups is 1. The van der Waals surface area contributed by atoms with Crippen molar-refractivity contribution in [2.75, 3.05) is 13.2 Å². The largest absolute Gasteiger partial charge is 0.486 e. The van der Waals surface area contributed by atoms with Crippen molar-refractivity contribution in [3.05, 3.63) is 59.4 Å². The highest BCUT2D eigenvalue weighted by molar-refractivity contribution is 5.89. The van der Waals surface area contributed by atoms with Gasteiger partial charge in [-0.05, 0) is 55.2 Å². The zero-order valence-electron chi connectivity index (χ0n) is 14.8. The van der Waals surface area contributed by atoms with E-state index in [0.717, 1.165) is 36.1 Å². The van der Waals surface area contributed by atoms with Gasteiger partial charge >= 0.3 is 0 Å². The normalized spacial score (nSPS) is 18.5. The molecule has 26 heavy (non-hydrogen) atoms. The summed E-state index contributed by atoms with van der Waals surface area (Å²) in [6.45, 7) is 3.05. The van der Waals surface area contributed by atoms with E-state index in [0.29, 0.717) is 19.0 Å². The van der Waals surface area contributed by atoms with Gasteiger partial charge in [0, 0.05) is 0 Å². The second-order valence-electron chi connectivity index (χ2n) is 7.04. The van der Waals surface area contributed by atoms with Gasteiger partial charge in [0.1, 0.15) is 19.0 Å². The van der Waals surface area contributed by atoms with Crippen molar-refractivity contribution in [1.82, 2.24) is 5.32 Å². The Balaban J connectivity index is 1.52. The van der Waals surface area contributed by atoms with Gasteiger partial charge in [-0.2, -0.15) is 0 Å². The van der Waals surface area contributed by atoms with Gasteiger partial charge in [0.25, 0.3) is 0 Å². The van der Waals surface area contributed by atoms with Crippen LogP contribution in [0.3, 0.4) is 0 Å². The van der Waals surface area contributed by atoms with Gasteiger partial charge in [-0.15, -0.1) is 0 Å². The summed E-state index contributed by atoms with van der Waals surface area (Å²) in [6, 6.07) is 11.9. The summed E-state index contributed by atoms with van der Waals surface area (Å²) < 4.78 is 24.4. The minimum absolute atomic E-state index is 0.00209. The first-order valence-corrected chi connectivity index (χ1v) is 9.05. The van der Waals surface area contributed by atoms with Gasteiger partial charge in [-0.25, -0.2) is 4.39 Å². The second-order valence-corrected chi connectivity index (χ2v) is 7.04. The van der Waals surface area contributed by atoms with Crippen LogP contribution in [-0.2, 0) is 10.2 Å². The molecule has 0 saturated heterocycles. The third kappa shape index (κ3) is 2.91. The van der Waals surface area contributed by atoms with Crippen LogP contribution < -0.4 is 14.8 Å². The van der Waals surface area contributed by atoms with Crippen LogP contribution in [0.4, 0.5) is 4.39 Å². The second kappa shape index (κ2) is 6.63. The van der Waals surface area contributed by atoms with Crippen LogP contribution in [0.25, 0.3) is 0 Å². The predicted molar refractivity (Wildman–Crippen MR) is 95.9 cm³/mol. The minimum Gasteiger partial charge on any atom is -0.486 e. The van der Waals surface area contributed by atoms with Gasteiger partial charge < -0.3 is 14.8 Å². The van der Waals surface area contributed by atoms with E-state index in [-0.39, 0.29) is 17.8 Å². The molecule has 0 radical (unpaired) electrons. The molecule has 1 unspecified atom stereocenters. The van der Waals surface area contributed by atoms with E-state index in [4.69, 9.17) is 9.47 Å². The molecule has 0 spiro atoms. The summed E-state index contributed by atoms with van der Waals surface area (Å²) in [5.74, 6) is 1.16. The Morgan fingerprint density at radius 1 is 1.08 bits per heavy atom. The average Bonchev–Trinajstić information content (AvgIpc) is 2.62. The number of fused-ring (bicyclic) bond motifs is 1. The highest BCUT2D eigenvalue weighted by Crippen LogP contribution is 2.44. The number of hydrogen-bond donors (Lipinski definition) is 1. The molecule has 1 heterocycles. The van der Waals surface area contributed by atoms with E-state index in [1.165, 1.54) is 12.1 Å². The van der Waals surface area contributed by atoms with Crippen LogP contribution in [0.5, 0.6) is 11.5 Å². The van der Waals surface area contributed by atoms with E-state index in [1.807, 2.05) is 25.1 Å². The van der Waals surface area contributed by atoms with Crippen molar-refractivity contribution in [3.63, 3.8) is 0 Å². The zero-order chi connectivity index (χ0) is 18.1. The van der Waals surface area contributed by atoms with E-state index in [1.54, 1.807) is 12.1 Å². The number of nitrogens with one attached hydrogen (secondary N) is 1. The lowest BCUT2D eigenvalue weighted by Gasteiger charge is -2.41. The number of rotatable bonds is 4. The maximum Gasteiger partial charge on any atom is 0.231 e. The van der Waals surface area contributed by atoms with Crippen LogP contribution >= 0.6 is 0 Å². The fraction of sp³-hybridized carbons (Fsp3) is 0.381. The molecule has 1 amide bonds. The Morgan fingerprint density at radius 3 is 2.42 bits per heavy atom. The summed E-state index contributed by atoms with van der Waals surface area (Å²) in [5, 5.41) is 3.13. The number of ether oxygens (including phenoxy) is 2. The molecule has 4 nitrogen and oxygen atoms in total. The molecule has 2 aromatic rings. The third-order valence-corrected chi connectivity index (χ3v) is 5.45. The Kier molecular flexibility index (Phi) is 4.31. The summed E-state index contributed by atoms with van der Waals surface area (Å²) in [6.07, 6.45) is 2.58. The Bertz CT molecular complexity index is 815. The molecule has 1 aliphatic heterocycles. The number of benzene rings is 2. The van der Waals surface area contributed by atoms with Gasteiger partial charge in [0.2, 0.25) is 5.91 Å². The molecule has 4 rings (SSSR count). The van der Waals surface area contributed by atoms with Gasteiger partial charge in [-0.3, -0.25) is 4.79 Å². The van der Waals surface area contributed by atoms with Crippen molar-refractivity contribution >= 4 is 5.91 Å². The highest BCUT2D eigenvalue weighted by atomic mass is 19.1. The van der Waals surface area contributed by atoms with Crippen molar-refractivity contribution in [2.45, 2.75) is 37.6 Å². The monoisotopic (exact) mass is 355 g/mol. The smallest absolute Gasteiger partial charge is 0.231 e. The summed E-state index contributed by atoms with van der Waals surface area (Å²) >= 11 is 0. The van der Waals surface area contributed by atoms with Crippen molar-refractivity contribution in [2.24, 2.45) is 0 Å². The van der Waals surface area contributed by atoms with Crippen LogP contribution in [-0.4, -0.2) is 19.1 Å². The van der Waals surface area contributed by atoms with Crippen LogP contribution in [0.15, 0.2) is 42.5 Å². The molecular weight excluding hydrogens is 333 g/mol. The molecule has 1 saturated carbocycles. The fourth-order valence-electron chi connectivity index (χ4n) is 3.69. The maximum atomic E-state index is 13.2. The molecule has 1 aliphatic carbocycles. The molecule has 5 heteroatoms. The first kappa shape index (κ1) is 16.9. The van der Waals surface area contributed by atoms with Crippen molar-refractivity contribution in [3.8, 4) is 11.5 Å². The van der Waals surface area contributed by atoms with E-state index >= 15 is 0 Å². The lowest BCUT2D eigenvalue weighted by Crippen LogP contribution is -2.49. The number of halogens is 1. The SMILES string of the molecule is CC(NC(=O)C1(c2ccc(F)cc2)CCC1)c1ccc2c(c1)OCCO2. The topological polar surface area (TPSA) is 47.6 Å². The van der Waals surface area contributed by atoms with Gasteiger partial charge in [0.15, 0.2) is 11.5 Å². The average molecular weight is 355 g/mol. The zero-order valence-corrected chi connectivity index (χ0v) is 14.8. The standard InChI is InChI=1S/C21H22FNO3/c1-14(15-3-8-18-19(13-15)26-12-11-25-18)23-20(24)21(9-2-10-21)16-4-6-17(22)7-5-16/h3-8,13-14H,2,9-12H2,1H3,(H,23,24). The first-order valence-electron chi connectivity index (χ1n) is 9.05. The van der Waals surface area contributed by atoms with Crippen LogP contribution in [0.2, 0.25) is 0 Å². The summed E-state index contributed by atoms with van der Waals surface area (Å²) in [5.41, 5.74) is 1.31. The number of hydrogen-bond acceptors (Lipinski definition) is 3. The molecule has 1 fully saturated rings. The summed E-state index contributed by atoms with van der Waals surface area (Å²) in [7, 11) is 0. The molecule has 2 aromatic carbocycles. The predicted octanol–water partition coefficient (Wildman–Crippen LogP) is 3.90. The molecule has 1 atom stereocenters. The van der Waals surface area contributed by atoms with Crippen molar-refractivity contribution < 1.29 is 18.7 Å². The maximum absolute atomic E-state index is 13.2. The van der Waals surface area contributed by atoms with E-state index < -0.39 is 5.41 Å². The lowest BCUT2D eigenvalue weighted by molar-refractivity contribution is -0.130. The van der Waals surface area contributed by atoms with Gasteiger partial charge in [-0.1, -0.05) is 24.6 Å². The molecule has 2 aliphatic rings. The molecular formula is C21H22FNO3. The fourth-order valence-corrected chi connectivity index (χ4v) is 3.69. The number of carbonyl (C=O) groups excluding carboxylic acids is 1. The Morgan fingerprint density at radius 2 is 1.77 bits per heavy atom. The first-order chi connectivity index (χ1) is 12.6. The number of amides is 1. The highest BCUT2D eigenvalue weighted by Gasteiger charge is 2.45. The van der Waals surface area contributed by atoms with E-state index in [9.17, 15) is 9.18 Å². The van der Waals surface area contributed by atoms with Gasteiger partial charge in [0.05, 0.1) is 11.5 Å². The van der Waals surface area contributed by atoms with E-state index in [2.05, 4.69) is 5.32 Å². The quantitative estimate of drug-likeness (QED) is 0.905. The molecule has 0 aromatic heterocycles. The summed E-state index contributed by atoms with van der Waals surface area (Å²) in [4.78, 5) is 13.0. The molecule has 1 N–H and O–H groups in total.